The second-order valence-electron chi connectivity index (χ2n) is 6.01. The van der Waals surface area contributed by atoms with Crippen LogP contribution in [0.3, 0.4) is 0 Å². The number of hydrogen-bond donors (Lipinski definition) is 2. The number of anilines is 1. The van der Waals surface area contributed by atoms with Crippen molar-refractivity contribution in [2.75, 3.05) is 18.8 Å². The van der Waals surface area contributed by atoms with E-state index in [0.717, 1.165) is 25.7 Å². The van der Waals surface area contributed by atoms with Gasteiger partial charge in [-0.15, -0.1) is 0 Å². The number of aliphatic hydroxyl groups is 1. The lowest BCUT2D eigenvalue weighted by atomic mass is 9.71. The van der Waals surface area contributed by atoms with E-state index in [9.17, 15) is 9.90 Å². The van der Waals surface area contributed by atoms with E-state index in [2.05, 4.69) is 4.98 Å². The number of amides is 1. The summed E-state index contributed by atoms with van der Waals surface area (Å²) in [4.78, 5) is 18.3. The summed E-state index contributed by atoms with van der Waals surface area (Å²) in [5.41, 5.74) is 6.20. The van der Waals surface area contributed by atoms with Crippen molar-refractivity contribution in [3.63, 3.8) is 0 Å². The van der Waals surface area contributed by atoms with Gasteiger partial charge in [-0.05, 0) is 25.3 Å². The number of likely N-dealkylation sites (tertiary alicyclic amines) is 1. The Bertz CT molecular complexity index is 520. The number of aromatic nitrogens is 1. The number of rotatable bonds is 1. The number of carbonyl (C=O) groups is 1. The van der Waals surface area contributed by atoms with Crippen LogP contribution in [0.5, 0.6) is 0 Å². The average molecular weight is 275 g/mol. The molecule has 1 saturated carbocycles. The van der Waals surface area contributed by atoms with Gasteiger partial charge in [0, 0.05) is 25.2 Å². The van der Waals surface area contributed by atoms with Gasteiger partial charge in [-0.1, -0.05) is 12.8 Å². The SMILES string of the molecule is Nc1cnccc1C(=O)N1CCC2(O)CCCCC2C1. The van der Waals surface area contributed by atoms with Gasteiger partial charge < -0.3 is 15.7 Å². The van der Waals surface area contributed by atoms with Crippen LogP contribution >= 0.6 is 0 Å². The molecule has 5 nitrogen and oxygen atoms in total. The van der Waals surface area contributed by atoms with Crippen LogP contribution in [-0.2, 0) is 0 Å². The highest BCUT2D eigenvalue weighted by molar-refractivity contribution is 5.98. The number of nitrogen functional groups attached to an aromatic ring is 1. The van der Waals surface area contributed by atoms with Gasteiger partial charge in [-0.2, -0.15) is 0 Å². The Balaban J connectivity index is 1.76. The van der Waals surface area contributed by atoms with Gasteiger partial charge >= 0.3 is 0 Å². The third-order valence-electron chi connectivity index (χ3n) is 4.80. The standard InChI is InChI=1S/C15H21N3O2/c16-13-9-17-7-4-12(13)14(19)18-8-6-15(20)5-2-1-3-11(15)10-18/h4,7,9,11,20H,1-3,5-6,8,10,16H2. The third kappa shape index (κ3) is 2.26. The molecule has 1 saturated heterocycles. The maximum atomic E-state index is 12.5. The normalized spacial score (nSPS) is 29.9. The van der Waals surface area contributed by atoms with Crippen LogP contribution in [0.1, 0.15) is 42.5 Å². The summed E-state index contributed by atoms with van der Waals surface area (Å²) in [6.07, 6.45) is 7.89. The fourth-order valence-electron chi connectivity index (χ4n) is 3.53. The lowest BCUT2D eigenvalue weighted by molar-refractivity contribution is -0.0886. The molecule has 5 heteroatoms. The van der Waals surface area contributed by atoms with Crippen LogP contribution in [0.2, 0.25) is 0 Å². The van der Waals surface area contributed by atoms with Crippen molar-refractivity contribution in [3.8, 4) is 0 Å². The first-order chi connectivity index (χ1) is 9.60. The van der Waals surface area contributed by atoms with Crippen molar-refractivity contribution in [2.24, 2.45) is 5.92 Å². The van der Waals surface area contributed by atoms with Gasteiger partial charge in [-0.25, -0.2) is 0 Å². The van der Waals surface area contributed by atoms with Crippen molar-refractivity contribution in [2.45, 2.75) is 37.7 Å². The summed E-state index contributed by atoms with van der Waals surface area (Å²) in [7, 11) is 0. The minimum absolute atomic E-state index is 0.0440. The lowest BCUT2D eigenvalue weighted by Crippen LogP contribution is -2.54. The fraction of sp³-hybridized carbons (Fsp3) is 0.600. The van der Waals surface area contributed by atoms with Crippen LogP contribution < -0.4 is 5.73 Å². The summed E-state index contributed by atoms with van der Waals surface area (Å²) >= 11 is 0. The minimum atomic E-state index is -0.557. The molecule has 0 bridgehead atoms. The monoisotopic (exact) mass is 275 g/mol. The van der Waals surface area contributed by atoms with Gasteiger partial charge in [0.25, 0.3) is 5.91 Å². The highest BCUT2D eigenvalue weighted by Crippen LogP contribution is 2.40. The molecule has 2 fully saturated rings. The average Bonchev–Trinajstić information content (AvgIpc) is 2.46. The molecule has 2 aliphatic rings. The summed E-state index contributed by atoms with van der Waals surface area (Å²) < 4.78 is 0. The van der Waals surface area contributed by atoms with Gasteiger partial charge in [0.15, 0.2) is 0 Å². The number of hydrogen-bond acceptors (Lipinski definition) is 4. The second-order valence-corrected chi connectivity index (χ2v) is 6.01. The molecule has 2 unspecified atom stereocenters. The van der Waals surface area contributed by atoms with Crippen molar-refractivity contribution in [3.05, 3.63) is 24.0 Å². The Kier molecular flexibility index (Phi) is 3.38. The Morgan fingerprint density at radius 3 is 3.10 bits per heavy atom. The maximum absolute atomic E-state index is 12.5. The molecule has 1 amide bonds. The van der Waals surface area contributed by atoms with Crippen molar-refractivity contribution in [1.29, 1.82) is 0 Å². The lowest BCUT2D eigenvalue weighted by Gasteiger charge is -2.47. The zero-order valence-electron chi connectivity index (χ0n) is 11.6. The molecule has 1 aliphatic heterocycles. The fourth-order valence-corrected chi connectivity index (χ4v) is 3.53. The van der Waals surface area contributed by atoms with Gasteiger partial charge in [-0.3, -0.25) is 9.78 Å². The molecule has 2 heterocycles. The zero-order chi connectivity index (χ0) is 14.2. The number of carbonyl (C=O) groups excluding carboxylic acids is 1. The van der Waals surface area contributed by atoms with Gasteiger partial charge in [0.1, 0.15) is 0 Å². The van der Waals surface area contributed by atoms with E-state index >= 15 is 0 Å². The molecule has 1 aliphatic carbocycles. The van der Waals surface area contributed by atoms with Crippen molar-refractivity contribution in [1.82, 2.24) is 9.88 Å². The first kappa shape index (κ1) is 13.4. The predicted molar refractivity (Wildman–Crippen MR) is 76.1 cm³/mol. The number of pyridine rings is 1. The molecule has 0 radical (unpaired) electrons. The highest BCUT2D eigenvalue weighted by atomic mass is 16.3. The first-order valence-electron chi connectivity index (χ1n) is 7.31. The number of piperidine rings is 1. The first-order valence-corrected chi connectivity index (χ1v) is 7.31. The molecule has 1 aromatic heterocycles. The third-order valence-corrected chi connectivity index (χ3v) is 4.80. The van der Waals surface area contributed by atoms with E-state index in [0.29, 0.717) is 30.8 Å². The molecular weight excluding hydrogens is 254 g/mol. The summed E-state index contributed by atoms with van der Waals surface area (Å²) in [6, 6.07) is 1.67. The smallest absolute Gasteiger partial charge is 0.256 e. The van der Waals surface area contributed by atoms with Gasteiger partial charge in [0.05, 0.1) is 23.0 Å². The van der Waals surface area contributed by atoms with E-state index in [-0.39, 0.29) is 11.8 Å². The van der Waals surface area contributed by atoms with E-state index in [1.807, 2.05) is 4.90 Å². The molecule has 20 heavy (non-hydrogen) atoms. The summed E-state index contributed by atoms with van der Waals surface area (Å²) in [6.45, 7) is 1.24. The number of nitrogens with two attached hydrogens (primary N) is 1. The predicted octanol–water partition coefficient (Wildman–Crippen LogP) is 1.43. The van der Waals surface area contributed by atoms with E-state index < -0.39 is 5.60 Å². The molecule has 0 spiro atoms. The Labute approximate surface area is 118 Å². The molecule has 2 atom stereocenters. The Morgan fingerprint density at radius 2 is 2.30 bits per heavy atom. The molecule has 1 aromatic rings. The zero-order valence-corrected chi connectivity index (χ0v) is 11.6. The molecule has 3 rings (SSSR count). The van der Waals surface area contributed by atoms with Crippen LogP contribution in [0, 0.1) is 5.92 Å². The van der Waals surface area contributed by atoms with Crippen LogP contribution in [-0.4, -0.2) is 39.6 Å². The van der Waals surface area contributed by atoms with Crippen molar-refractivity contribution >= 4 is 11.6 Å². The largest absolute Gasteiger partial charge is 0.397 e. The Hall–Kier alpha value is -1.62. The van der Waals surface area contributed by atoms with E-state index in [4.69, 9.17) is 5.73 Å². The Morgan fingerprint density at radius 1 is 1.45 bits per heavy atom. The molecule has 3 N–H and O–H groups in total. The topological polar surface area (TPSA) is 79.5 Å². The van der Waals surface area contributed by atoms with E-state index in [1.54, 1.807) is 12.3 Å². The summed E-state index contributed by atoms with van der Waals surface area (Å²) in [5, 5.41) is 10.6. The van der Waals surface area contributed by atoms with Crippen LogP contribution in [0.25, 0.3) is 0 Å². The maximum Gasteiger partial charge on any atom is 0.256 e. The highest BCUT2D eigenvalue weighted by Gasteiger charge is 2.43. The molecule has 108 valence electrons. The van der Waals surface area contributed by atoms with Crippen LogP contribution in [0.15, 0.2) is 18.5 Å². The number of nitrogens with zero attached hydrogens (tertiary/aromatic N) is 2. The van der Waals surface area contributed by atoms with E-state index in [1.165, 1.54) is 6.20 Å². The molecular formula is C15H21N3O2. The van der Waals surface area contributed by atoms with Crippen LogP contribution in [0.4, 0.5) is 5.69 Å². The quantitative estimate of drug-likeness (QED) is 0.812. The summed E-state index contributed by atoms with van der Waals surface area (Å²) in [5.74, 6) is 0.162. The number of fused-ring (bicyclic) bond motifs is 1. The minimum Gasteiger partial charge on any atom is -0.397 e. The second kappa shape index (κ2) is 5.05. The van der Waals surface area contributed by atoms with Gasteiger partial charge in [0.2, 0.25) is 0 Å². The van der Waals surface area contributed by atoms with Crippen molar-refractivity contribution < 1.29 is 9.90 Å². The molecule has 0 aromatic carbocycles.